The molecule has 0 radical (unpaired) electrons. The van der Waals surface area contributed by atoms with Gasteiger partial charge in [-0.1, -0.05) is 111 Å². The fourth-order valence-corrected chi connectivity index (χ4v) is 6.37. The molecule has 230 valence electrons. The maximum atomic E-state index is 13.5. The molecular weight excluding hydrogens is 568 g/mol. The Bertz CT molecular complexity index is 1300. The summed E-state index contributed by atoms with van der Waals surface area (Å²) >= 11 is 0. The van der Waals surface area contributed by atoms with E-state index in [0.717, 1.165) is 0 Å². The Kier molecular flexibility index (Phi) is 12.6. The lowest BCUT2D eigenvalue weighted by molar-refractivity contribution is -0.183. The van der Waals surface area contributed by atoms with Gasteiger partial charge in [0.05, 0.1) is 8.07 Å². The van der Waals surface area contributed by atoms with Crippen LogP contribution < -0.4 is 0 Å². The van der Waals surface area contributed by atoms with E-state index < -0.39 is 56.1 Å². The van der Waals surface area contributed by atoms with E-state index in [2.05, 4.69) is 0 Å². The minimum absolute atomic E-state index is 0.381. The first-order valence-electron chi connectivity index (χ1n) is 13.9. The second-order valence-electron chi connectivity index (χ2n) is 10.9. The van der Waals surface area contributed by atoms with Crippen LogP contribution >= 0.6 is 0 Å². The maximum Gasteiger partial charge on any atom is 0.340 e. The van der Waals surface area contributed by atoms with Crippen molar-refractivity contribution < 1.29 is 42.8 Å². The number of benzene rings is 3. The summed E-state index contributed by atoms with van der Waals surface area (Å²) in [6, 6.07) is 26.7. The molecule has 0 heterocycles. The molecule has 0 N–H and O–H groups in total. The largest absolute Gasteiger partial charge is 0.460 e. The molecule has 0 aliphatic carbocycles. The van der Waals surface area contributed by atoms with Gasteiger partial charge in [0.15, 0.2) is 24.4 Å². The summed E-state index contributed by atoms with van der Waals surface area (Å²) in [4.78, 5) is 40.2. The Balaban J connectivity index is 1.92. The zero-order valence-corrected chi connectivity index (χ0v) is 26.4. The van der Waals surface area contributed by atoms with E-state index in [4.69, 9.17) is 28.4 Å². The summed E-state index contributed by atoms with van der Waals surface area (Å²) in [7, 11) is 1.74. The van der Waals surface area contributed by atoms with Gasteiger partial charge in [0.1, 0.15) is 12.3 Å². The Morgan fingerprint density at radius 1 is 0.558 bits per heavy atom. The molecule has 3 aromatic rings. The van der Waals surface area contributed by atoms with Gasteiger partial charge in [-0.25, -0.2) is 14.4 Å². The molecule has 0 amide bonds. The molecular formula is C33H40O9Si. The van der Waals surface area contributed by atoms with Crippen LogP contribution in [0.5, 0.6) is 0 Å². The molecule has 3 rings (SSSR count). The van der Waals surface area contributed by atoms with Gasteiger partial charge in [0.2, 0.25) is 0 Å². The van der Waals surface area contributed by atoms with Crippen molar-refractivity contribution in [2.45, 2.75) is 49.8 Å². The predicted octanol–water partition coefficient (Wildman–Crippen LogP) is 5.39. The third-order valence-electron chi connectivity index (χ3n) is 6.75. The normalized spacial score (nSPS) is 14.9. The van der Waals surface area contributed by atoms with Crippen LogP contribution in [0.3, 0.4) is 0 Å². The van der Waals surface area contributed by atoms with E-state index in [9.17, 15) is 14.4 Å². The van der Waals surface area contributed by atoms with Crippen LogP contribution in [0.1, 0.15) is 35.0 Å². The van der Waals surface area contributed by atoms with Crippen LogP contribution in [0, 0.1) is 0 Å². The first-order chi connectivity index (χ1) is 20.6. The summed E-state index contributed by atoms with van der Waals surface area (Å²) in [5.41, 5.74) is 0.883. The summed E-state index contributed by atoms with van der Waals surface area (Å²) in [5, 5.41) is 0. The second kappa shape index (κ2) is 16.1. The van der Waals surface area contributed by atoms with Crippen molar-refractivity contribution in [1.29, 1.82) is 0 Å². The fraction of sp³-hybridized carbons (Fsp3) is 0.364. The van der Waals surface area contributed by atoms with Crippen molar-refractivity contribution in [2.24, 2.45) is 0 Å². The highest BCUT2D eigenvalue weighted by Crippen LogP contribution is 2.27. The Morgan fingerprint density at radius 3 is 1.26 bits per heavy atom. The maximum absolute atomic E-state index is 13.5. The van der Waals surface area contributed by atoms with E-state index in [0.29, 0.717) is 16.7 Å². The third kappa shape index (κ3) is 9.33. The van der Waals surface area contributed by atoms with Gasteiger partial charge in [-0.05, 0) is 16.7 Å². The number of carbonyl (C=O) groups excluding carboxylic acids is 3. The molecule has 0 saturated heterocycles. The van der Waals surface area contributed by atoms with Crippen molar-refractivity contribution in [1.82, 2.24) is 0 Å². The predicted molar refractivity (Wildman–Crippen MR) is 163 cm³/mol. The van der Waals surface area contributed by atoms with Gasteiger partial charge in [-0.15, -0.1) is 0 Å². The molecule has 0 aliphatic heterocycles. The number of hydrogen-bond donors (Lipinski definition) is 0. The molecule has 3 aromatic carbocycles. The summed E-state index contributed by atoms with van der Waals surface area (Å²) in [5.74, 6) is -2.05. The molecule has 0 spiro atoms. The Labute approximate surface area is 254 Å². The molecule has 9 nitrogen and oxygen atoms in total. The van der Waals surface area contributed by atoms with Gasteiger partial charge >= 0.3 is 17.9 Å². The minimum Gasteiger partial charge on any atom is -0.460 e. The van der Waals surface area contributed by atoms with Gasteiger partial charge in [-0.2, -0.15) is 0 Å². The molecule has 0 unspecified atom stereocenters. The molecule has 0 fully saturated rings. The zero-order valence-electron chi connectivity index (χ0n) is 25.4. The molecule has 0 aromatic heterocycles. The van der Waals surface area contributed by atoms with E-state index in [1.54, 1.807) is 72.8 Å². The smallest absolute Gasteiger partial charge is 0.340 e. The summed E-state index contributed by atoms with van der Waals surface area (Å²) in [6.45, 7) is 5.51. The molecule has 0 bridgehead atoms. The quantitative estimate of drug-likeness (QED) is 0.127. The standard InChI is InChI=1S/C33H40O9Si/c1-37-27(23-16-10-7-11-17-23)30(34)40-22-26(41-31(35)28(38-2)24-18-12-8-13-19-24)33(43(4,5)6)42-32(36)29(39-3)25-20-14-9-15-21-25/h7-21,26-29,33H,22H2,1-6H3/t26-,27-,28-,29-,33-/m0/s1. The highest BCUT2D eigenvalue weighted by Gasteiger charge is 2.43. The monoisotopic (exact) mass is 608 g/mol. The van der Waals surface area contributed by atoms with Crippen LogP contribution in [-0.4, -0.2) is 65.7 Å². The Morgan fingerprint density at radius 2 is 0.907 bits per heavy atom. The SMILES string of the molecule is CO[C@H](C(=O)OC[C@H](OC(=O)[C@@H](OC)c1ccccc1)[C@@H](OC(=O)[C@@H](OC)c1ccccc1)[Si](C)(C)C)c1ccccc1. The van der Waals surface area contributed by atoms with Crippen molar-refractivity contribution in [3.63, 3.8) is 0 Å². The molecule has 10 heteroatoms. The van der Waals surface area contributed by atoms with Crippen molar-refractivity contribution in [3.8, 4) is 0 Å². The average Bonchev–Trinajstić information content (AvgIpc) is 3.00. The number of ether oxygens (including phenoxy) is 6. The van der Waals surface area contributed by atoms with Gasteiger partial charge in [0, 0.05) is 21.3 Å². The lowest BCUT2D eigenvalue weighted by atomic mass is 10.1. The Hall–Kier alpha value is -3.83. The van der Waals surface area contributed by atoms with Crippen LogP contribution in [0.15, 0.2) is 91.0 Å². The molecule has 5 atom stereocenters. The second-order valence-corrected chi connectivity index (χ2v) is 16.2. The molecule has 0 aliphatic rings. The number of carbonyl (C=O) groups is 3. The van der Waals surface area contributed by atoms with Crippen LogP contribution in [0.2, 0.25) is 19.6 Å². The summed E-state index contributed by atoms with van der Waals surface area (Å²) < 4.78 is 34.1. The average molecular weight is 609 g/mol. The lowest BCUT2D eigenvalue weighted by Crippen LogP contribution is -2.53. The van der Waals surface area contributed by atoms with Crippen LogP contribution in [-0.2, 0) is 42.8 Å². The van der Waals surface area contributed by atoms with E-state index in [1.807, 2.05) is 37.8 Å². The third-order valence-corrected chi connectivity index (χ3v) is 8.94. The topological polar surface area (TPSA) is 107 Å². The summed E-state index contributed by atoms with van der Waals surface area (Å²) in [6.07, 6.45) is -4.21. The first kappa shape index (κ1) is 33.7. The van der Waals surface area contributed by atoms with Gasteiger partial charge in [-0.3, -0.25) is 0 Å². The number of hydrogen-bond acceptors (Lipinski definition) is 9. The van der Waals surface area contributed by atoms with Gasteiger partial charge in [0.25, 0.3) is 0 Å². The number of rotatable bonds is 15. The van der Waals surface area contributed by atoms with Crippen LogP contribution in [0.25, 0.3) is 0 Å². The zero-order chi connectivity index (χ0) is 31.4. The number of methoxy groups -OCH3 is 3. The van der Waals surface area contributed by atoms with E-state index in [-0.39, 0.29) is 6.61 Å². The van der Waals surface area contributed by atoms with E-state index >= 15 is 0 Å². The van der Waals surface area contributed by atoms with Crippen molar-refractivity contribution >= 4 is 26.0 Å². The van der Waals surface area contributed by atoms with E-state index in [1.165, 1.54) is 21.3 Å². The molecule has 43 heavy (non-hydrogen) atoms. The van der Waals surface area contributed by atoms with Gasteiger partial charge < -0.3 is 28.4 Å². The lowest BCUT2D eigenvalue weighted by Gasteiger charge is -2.36. The van der Waals surface area contributed by atoms with Crippen molar-refractivity contribution in [3.05, 3.63) is 108 Å². The van der Waals surface area contributed by atoms with Crippen LogP contribution in [0.4, 0.5) is 0 Å². The highest BCUT2D eigenvalue weighted by molar-refractivity contribution is 6.77. The van der Waals surface area contributed by atoms with Crippen molar-refractivity contribution in [2.75, 3.05) is 27.9 Å². The highest BCUT2D eigenvalue weighted by atomic mass is 28.3. The number of esters is 3. The molecule has 0 saturated carbocycles. The minimum atomic E-state index is -2.47. The fourth-order valence-electron chi connectivity index (χ4n) is 4.62. The first-order valence-corrected chi connectivity index (χ1v) is 17.5.